The van der Waals surface area contributed by atoms with E-state index >= 15 is 0 Å². The number of pyridine rings is 4. The monoisotopic (exact) mass is 764 g/mol. The number of hydrogen-bond donors (Lipinski definition) is 2. The lowest BCUT2D eigenvalue weighted by molar-refractivity contribution is 0.584. The van der Waals surface area contributed by atoms with E-state index in [1.165, 1.54) is 0 Å². The van der Waals surface area contributed by atoms with Gasteiger partial charge in [0.25, 0.3) is 0 Å². The van der Waals surface area contributed by atoms with Crippen LogP contribution < -0.4 is 20.4 Å². The first kappa shape index (κ1) is 37.4. The van der Waals surface area contributed by atoms with E-state index in [4.69, 9.17) is 9.97 Å². The van der Waals surface area contributed by atoms with Crippen molar-refractivity contribution in [2.24, 2.45) is 7.05 Å². The molecule has 0 amide bonds. The van der Waals surface area contributed by atoms with Gasteiger partial charge in [0, 0.05) is 113 Å². The summed E-state index contributed by atoms with van der Waals surface area (Å²) in [6.45, 7) is 14.7. The van der Waals surface area contributed by atoms with Crippen LogP contribution in [0.3, 0.4) is 0 Å². The predicted molar refractivity (Wildman–Crippen MR) is 224 cm³/mol. The molecule has 16 heteroatoms. The molecule has 0 aromatic carbocycles. The lowest BCUT2D eigenvalue weighted by Gasteiger charge is -2.28. The minimum Gasteiger partial charge on any atom is -0.354 e. The highest BCUT2D eigenvalue weighted by Gasteiger charge is 2.16. The van der Waals surface area contributed by atoms with Gasteiger partial charge >= 0.3 is 0 Å². The smallest absolute Gasteiger partial charge is 0.156 e. The van der Waals surface area contributed by atoms with Crippen molar-refractivity contribution in [3.8, 4) is 34.2 Å². The summed E-state index contributed by atoms with van der Waals surface area (Å²) in [6.07, 6.45) is 15.0. The second-order valence-corrected chi connectivity index (χ2v) is 13.5. The number of anilines is 2. The Bertz CT molecular complexity index is 2550. The molecule has 57 heavy (non-hydrogen) atoms. The fraction of sp³-hybridized carbons (Fsp3) is 0.317. The van der Waals surface area contributed by atoms with Crippen LogP contribution in [-0.2, 0) is 13.6 Å². The number of piperazine rings is 2. The lowest BCUT2D eigenvalue weighted by atomic mass is 10.2. The first-order chi connectivity index (χ1) is 28.1. The van der Waals surface area contributed by atoms with Crippen molar-refractivity contribution >= 4 is 33.4 Å². The van der Waals surface area contributed by atoms with Gasteiger partial charge in [-0.1, -0.05) is 26.0 Å². The fourth-order valence-corrected chi connectivity index (χ4v) is 6.94. The quantitative estimate of drug-likeness (QED) is 0.230. The first-order valence-corrected chi connectivity index (χ1v) is 19.7. The van der Waals surface area contributed by atoms with E-state index in [1.807, 2.05) is 115 Å². The molecule has 8 aromatic rings. The summed E-state index contributed by atoms with van der Waals surface area (Å²) in [5, 5.41) is 26.4. The zero-order valence-electron chi connectivity index (χ0n) is 32.9. The molecule has 292 valence electrons. The van der Waals surface area contributed by atoms with Gasteiger partial charge < -0.3 is 20.4 Å². The van der Waals surface area contributed by atoms with Crippen molar-refractivity contribution < 1.29 is 0 Å². The number of aromatic nitrogens is 12. The zero-order valence-corrected chi connectivity index (χ0v) is 32.9. The van der Waals surface area contributed by atoms with Gasteiger partial charge in [-0.15, -0.1) is 0 Å². The molecule has 10 rings (SSSR count). The molecule has 0 spiro atoms. The normalized spacial score (nSPS) is 14.3. The average Bonchev–Trinajstić information content (AvgIpc) is 4.12. The van der Waals surface area contributed by atoms with Crippen molar-refractivity contribution in [2.45, 2.75) is 27.3 Å². The molecule has 0 radical (unpaired) electrons. The van der Waals surface area contributed by atoms with E-state index in [2.05, 4.69) is 75.9 Å². The van der Waals surface area contributed by atoms with Crippen LogP contribution >= 0.6 is 0 Å². The first-order valence-electron chi connectivity index (χ1n) is 19.7. The number of hydrogen-bond acceptors (Lipinski definition) is 12. The highest BCUT2D eigenvalue weighted by Crippen LogP contribution is 2.26. The third kappa shape index (κ3) is 8.08. The van der Waals surface area contributed by atoms with Crippen LogP contribution in [0.5, 0.6) is 0 Å². The zero-order chi connectivity index (χ0) is 39.1. The molecular formula is C41H48N16. The number of rotatable bonds is 7. The lowest BCUT2D eigenvalue weighted by Crippen LogP contribution is -2.43. The molecule has 0 saturated carbocycles. The van der Waals surface area contributed by atoms with E-state index < -0.39 is 0 Å². The molecular weight excluding hydrogens is 717 g/mol. The Balaban J connectivity index is 0.000000153. The van der Waals surface area contributed by atoms with Gasteiger partial charge in [0.1, 0.15) is 11.6 Å². The van der Waals surface area contributed by atoms with Crippen molar-refractivity contribution in [3.05, 3.63) is 98.1 Å². The Morgan fingerprint density at radius 2 is 1.04 bits per heavy atom. The molecule has 2 aliphatic rings. The fourth-order valence-electron chi connectivity index (χ4n) is 6.94. The van der Waals surface area contributed by atoms with Crippen molar-refractivity contribution in [2.75, 3.05) is 62.2 Å². The van der Waals surface area contributed by atoms with Gasteiger partial charge in [0.2, 0.25) is 0 Å². The van der Waals surface area contributed by atoms with Crippen LogP contribution in [0.25, 0.3) is 56.0 Å². The third-order valence-corrected chi connectivity index (χ3v) is 9.91. The molecule has 8 aromatic heterocycles. The summed E-state index contributed by atoms with van der Waals surface area (Å²) < 4.78 is 7.44. The highest BCUT2D eigenvalue weighted by atomic mass is 15.3. The minimum absolute atomic E-state index is 0.810. The van der Waals surface area contributed by atoms with Crippen molar-refractivity contribution in [3.63, 3.8) is 0 Å². The van der Waals surface area contributed by atoms with Crippen molar-refractivity contribution in [1.82, 2.24) is 69.7 Å². The SMILES string of the molecule is CC.CCn1cc(-c2cc3c(cn2)cnn3-c2cccc(N3CCNCC3)n2)cn1.Cn1cc(-c2cc3c(cn2)cnn3-c2cccc(N3CCNCC3)n2)cn1. The molecule has 16 nitrogen and oxygen atoms in total. The van der Waals surface area contributed by atoms with Crippen molar-refractivity contribution in [1.29, 1.82) is 0 Å². The van der Waals surface area contributed by atoms with Gasteiger partial charge in [0.05, 0.1) is 47.2 Å². The van der Waals surface area contributed by atoms with Gasteiger partial charge in [-0.2, -0.15) is 20.4 Å². The summed E-state index contributed by atoms with van der Waals surface area (Å²) in [6, 6.07) is 16.3. The molecule has 0 unspecified atom stereocenters. The van der Waals surface area contributed by atoms with Crippen LogP contribution in [0.4, 0.5) is 11.6 Å². The molecule has 0 aliphatic carbocycles. The third-order valence-electron chi connectivity index (χ3n) is 9.91. The number of nitrogens with one attached hydrogen (secondary N) is 2. The number of fused-ring (bicyclic) bond motifs is 2. The standard InChI is InChI=1S/C20H22N8.C19H20N8.C2H6/c1-2-27-14-16(13-23-27)17-10-18-15(11-22-17)12-24-28(18)20-5-3-4-19(25-20)26-8-6-21-7-9-26;1-25-13-15(12-22-25)16-9-17-14(10-21-16)11-23-27(17)19-4-2-3-18(24-19)26-7-5-20-6-8-26;1-2/h3-5,10-14,21H,2,6-9H2,1H3;2-4,9-13,20H,5-8H2,1H3;1-2H3. The summed E-state index contributed by atoms with van der Waals surface area (Å²) in [5.74, 6) is 3.59. The topological polar surface area (TPSA) is 153 Å². The van der Waals surface area contributed by atoms with E-state index in [-0.39, 0.29) is 0 Å². The number of nitrogens with zero attached hydrogens (tertiary/aromatic N) is 14. The molecule has 0 bridgehead atoms. The highest BCUT2D eigenvalue weighted by molar-refractivity contribution is 5.84. The van der Waals surface area contributed by atoms with Gasteiger partial charge in [0.15, 0.2) is 11.6 Å². The molecule has 2 N–H and O–H groups in total. The maximum Gasteiger partial charge on any atom is 0.156 e. The Morgan fingerprint density at radius 3 is 1.49 bits per heavy atom. The molecule has 10 heterocycles. The van der Waals surface area contributed by atoms with Gasteiger partial charge in [-0.05, 0) is 43.3 Å². The van der Waals surface area contributed by atoms with Gasteiger partial charge in [-0.3, -0.25) is 19.3 Å². The van der Waals surface area contributed by atoms with E-state index in [1.54, 1.807) is 4.68 Å². The average molecular weight is 765 g/mol. The molecule has 2 aliphatic heterocycles. The predicted octanol–water partition coefficient (Wildman–Crippen LogP) is 4.76. The molecule has 2 saturated heterocycles. The maximum atomic E-state index is 4.87. The summed E-state index contributed by atoms with van der Waals surface area (Å²) in [4.78, 5) is 23.5. The van der Waals surface area contributed by atoms with Crippen LogP contribution in [0, 0.1) is 0 Å². The summed E-state index contributed by atoms with van der Waals surface area (Å²) in [5.41, 5.74) is 5.70. The van der Waals surface area contributed by atoms with Crippen LogP contribution in [-0.4, -0.2) is 111 Å². The number of aryl methyl sites for hydroxylation is 2. The summed E-state index contributed by atoms with van der Waals surface area (Å²) >= 11 is 0. The van der Waals surface area contributed by atoms with Crippen LogP contribution in [0.1, 0.15) is 20.8 Å². The Hall–Kier alpha value is -6.52. The Kier molecular flexibility index (Phi) is 11.2. The molecule has 0 atom stereocenters. The van der Waals surface area contributed by atoms with E-state index in [0.717, 1.165) is 126 Å². The second-order valence-electron chi connectivity index (χ2n) is 13.5. The van der Waals surface area contributed by atoms with Crippen LogP contribution in [0.15, 0.2) is 98.1 Å². The Labute approximate surface area is 331 Å². The van der Waals surface area contributed by atoms with Gasteiger partial charge in [-0.25, -0.2) is 19.3 Å². The summed E-state index contributed by atoms with van der Waals surface area (Å²) in [7, 11) is 1.90. The minimum atomic E-state index is 0.810. The second kappa shape index (κ2) is 17.1. The largest absolute Gasteiger partial charge is 0.354 e. The van der Waals surface area contributed by atoms with Crippen LogP contribution in [0.2, 0.25) is 0 Å². The molecule has 2 fully saturated rings. The van der Waals surface area contributed by atoms with E-state index in [9.17, 15) is 0 Å². The Morgan fingerprint density at radius 1 is 0.561 bits per heavy atom. The van der Waals surface area contributed by atoms with E-state index in [0.29, 0.717) is 0 Å². The maximum absolute atomic E-state index is 4.87.